The Kier molecular flexibility index (Phi) is 10.9. The normalized spacial score (nSPS) is 30.3. The van der Waals surface area contributed by atoms with Crippen molar-refractivity contribution in [1.29, 1.82) is 0 Å². The SMILES string of the molecule is O=C(NCC1CC(C(F)(F)F)CC(C(F)(F)F)C1)C(C1CCCCC1)N1CCN(CCC2CCCCC2)CC1. The van der Waals surface area contributed by atoms with Crippen LogP contribution < -0.4 is 5.32 Å². The van der Waals surface area contributed by atoms with Gasteiger partial charge in [0.15, 0.2) is 0 Å². The molecule has 1 aliphatic heterocycles. The van der Waals surface area contributed by atoms with Gasteiger partial charge in [-0.25, -0.2) is 0 Å². The second-order valence-electron chi connectivity index (χ2n) is 12.8. The summed E-state index contributed by atoms with van der Waals surface area (Å²) in [6.45, 7) is 4.30. The lowest BCUT2D eigenvalue weighted by Crippen LogP contribution is -2.58. The van der Waals surface area contributed by atoms with Crippen LogP contribution in [0.1, 0.15) is 89.9 Å². The van der Waals surface area contributed by atoms with Crippen molar-refractivity contribution in [1.82, 2.24) is 15.1 Å². The number of carbonyl (C=O) groups is 1. The average Bonchev–Trinajstić information content (AvgIpc) is 2.92. The summed E-state index contributed by atoms with van der Waals surface area (Å²) in [5.41, 5.74) is 0. The molecule has 0 bridgehead atoms. The molecule has 1 heterocycles. The minimum Gasteiger partial charge on any atom is -0.354 e. The largest absolute Gasteiger partial charge is 0.391 e. The Balaban J connectivity index is 1.33. The maximum atomic E-state index is 13.5. The van der Waals surface area contributed by atoms with Gasteiger partial charge in [0.25, 0.3) is 0 Å². The fourth-order valence-corrected chi connectivity index (χ4v) is 7.72. The molecule has 4 rings (SSSR count). The molecule has 10 heteroatoms. The van der Waals surface area contributed by atoms with Crippen molar-refractivity contribution in [2.75, 3.05) is 39.3 Å². The molecule has 3 unspecified atom stereocenters. The molecule has 0 spiro atoms. The standard InChI is InChI=1S/C29H47F6N3O/c30-28(31,32)24-17-22(18-25(19-24)29(33,34)35)20-36-27(39)26(23-9-5-2-6-10-23)38-15-13-37(14-16-38)12-11-21-7-3-1-4-8-21/h21-26H,1-20H2,(H,36,39). The van der Waals surface area contributed by atoms with Gasteiger partial charge < -0.3 is 10.2 Å². The monoisotopic (exact) mass is 567 g/mol. The second kappa shape index (κ2) is 13.8. The number of piperazine rings is 1. The first-order valence-electron chi connectivity index (χ1n) is 15.4. The number of rotatable bonds is 8. The summed E-state index contributed by atoms with van der Waals surface area (Å²) in [7, 11) is 0. The number of nitrogens with zero attached hydrogens (tertiary/aromatic N) is 2. The van der Waals surface area contributed by atoms with E-state index in [-0.39, 0.29) is 37.3 Å². The lowest BCUT2D eigenvalue weighted by Gasteiger charge is -2.43. The van der Waals surface area contributed by atoms with E-state index in [0.29, 0.717) is 0 Å². The van der Waals surface area contributed by atoms with Crippen molar-refractivity contribution in [2.24, 2.45) is 29.6 Å². The van der Waals surface area contributed by atoms with Crippen molar-refractivity contribution < 1.29 is 31.1 Å². The molecular formula is C29H47F6N3O. The van der Waals surface area contributed by atoms with Crippen LogP contribution >= 0.6 is 0 Å². The summed E-state index contributed by atoms with van der Waals surface area (Å²) in [6.07, 6.45) is 2.11. The maximum Gasteiger partial charge on any atom is 0.391 e. The summed E-state index contributed by atoms with van der Waals surface area (Å²) in [6, 6.07) is -0.355. The molecule has 0 aromatic carbocycles. The molecule has 0 radical (unpaired) electrons. The van der Waals surface area contributed by atoms with E-state index in [9.17, 15) is 31.1 Å². The van der Waals surface area contributed by atoms with Gasteiger partial charge in [-0.3, -0.25) is 9.69 Å². The summed E-state index contributed by atoms with van der Waals surface area (Å²) in [4.78, 5) is 18.3. The van der Waals surface area contributed by atoms with Crippen molar-refractivity contribution in [3.8, 4) is 0 Å². The number of hydrogen-bond donors (Lipinski definition) is 1. The van der Waals surface area contributed by atoms with Crippen molar-refractivity contribution >= 4 is 5.91 Å². The zero-order valence-electron chi connectivity index (χ0n) is 23.2. The highest BCUT2D eigenvalue weighted by molar-refractivity contribution is 5.82. The smallest absolute Gasteiger partial charge is 0.354 e. The van der Waals surface area contributed by atoms with Gasteiger partial charge in [0.05, 0.1) is 17.9 Å². The molecule has 4 aliphatic rings. The third kappa shape index (κ3) is 8.98. The lowest BCUT2D eigenvalue weighted by atomic mass is 9.74. The van der Waals surface area contributed by atoms with Crippen LogP contribution in [0.5, 0.6) is 0 Å². The molecule has 39 heavy (non-hydrogen) atoms. The van der Waals surface area contributed by atoms with Gasteiger partial charge in [-0.2, -0.15) is 26.3 Å². The molecule has 3 saturated carbocycles. The molecule has 1 N–H and O–H groups in total. The first kappa shape index (κ1) is 30.9. The van der Waals surface area contributed by atoms with Gasteiger partial charge in [-0.05, 0) is 62.8 Å². The van der Waals surface area contributed by atoms with E-state index in [1.165, 1.54) is 38.5 Å². The Bertz CT molecular complexity index is 733. The highest BCUT2D eigenvalue weighted by atomic mass is 19.4. The van der Waals surface area contributed by atoms with Crippen LogP contribution in [0.15, 0.2) is 0 Å². The second-order valence-corrected chi connectivity index (χ2v) is 12.8. The summed E-state index contributed by atoms with van der Waals surface area (Å²) in [5.74, 6) is -3.98. The van der Waals surface area contributed by atoms with Gasteiger partial charge in [-0.15, -0.1) is 0 Å². The number of amides is 1. The van der Waals surface area contributed by atoms with Gasteiger partial charge in [0.2, 0.25) is 5.91 Å². The van der Waals surface area contributed by atoms with E-state index in [4.69, 9.17) is 0 Å². The molecule has 1 amide bonds. The predicted octanol–water partition coefficient (Wildman–Crippen LogP) is 6.80. The topological polar surface area (TPSA) is 35.6 Å². The summed E-state index contributed by atoms with van der Waals surface area (Å²) < 4.78 is 80.5. The molecule has 1 saturated heterocycles. The van der Waals surface area contributed by atoms with E-state index < -0.39 is 36.5 Å². The highest BCUT2D eigenvalue weighted by Gasteiger charge is 2.52. The van der Waals surface area contributed by atoms with Crippen LogP contribution in [-0.4, -0.2) is 73.4 Å². The molecule has 226 valence electrons. The van der Waals surface area contributed by atoms with Crippen LogP contribution in [0.4, 0.5) is 26.3 Å². The van der Waals surface area contributed by atoms with E-state index >= 15 is 0 Å². The maximum absolute atomic E-state index is 13.5. The van der Waals surface area contributed by atoms with Crippen molar-refractivity contribution in [3.63, 3.8) is 0 Å². The zero-order valence-corrected chi connectivity index (χ0v) is 23.2. The summed E-state index contributed by atoms with van der Waals surface area (Å²) >= 11 is 0. The number of halogens is 6. The third-order valence-corrected chi connectivity index (χ3v) is 10.0. The third-order valence-electron chi connectivity index (χ3n) is 10.0. The van der Waals surface area contributed by atoms with E-state index in [0.717, 1.165) is 70.7 Å². The molecule has 0 aromatic heterocycles. The van der Waals surface area contributed by atoms with Gasteiger partial charge >= 0.3 is 12.4 Å². The molecule has 4 fully saturated rings. The van der Waals surface area contributed by atoms with Crippen LogP contribution in [0.25, 0.3) is 0 Å². The number of nitrogens with one attached hydrogen (secondary N) is 1. The van der Waals surface area contributed by atoms with Gasteiger partial charge in [0, 0.05) is 32.7 Å². The van der Waals surface area contributed by atoms with Crippen LogP contribution in [-0.2, 0) is 4.79 Å². The Morgan fingerprint density at radius 2 is 1.26 bits per heavy atom. The van der Waals surface area contributed by atoms with Crippen LogP contribution in [0, 0.1) is 29.6 Å². The Morgan fingerprint density at radius 3 is 1.79 bits per heavy atom. The quantitative estimate of drug-likeness (QED) is 0.328. The number of alkyl halides is 6. The fourth-order valence-electron chi connectivity index (χ4n) is 7.72. The molecule has 4 nitrogen and oxygen atoms in total. The molecular weight excluding hydrogens is 520 g/mol. The van der Waals surface area contributed by atoms with Gasteiger partial charge in [0.1, 0.15) is 0 Å². The Hall–Kier alpha value is -1.03. The average molecular weight is 568 g/mol. The van der Waals surface area contributed by atoms with Gasteiger partial charge in [-0.1, -0.05) is 51.4 Å². The number of carbonyl (C=O) groups excluding carboxylic acids is 1. The molecule has 0 aromatic rings. The number of hydrogen-bond acceptors (Lipinski definition) is 3. The Morgan fingerprint density at radius 1 is 0.718 bits per heavy atom. The van der Waals surface area contributed by atoms with Crippen molar-refractivity contribution in [2.45, 2.75) is 108 Å². The first-order valence-corrected chi connectivity index (χ1v) is 15.4. The van der Waals surface area contributed by atoms with E-state index in [1.807, 2.05) is 0 Å². The highest BCUT2D eigenvalue weighted by Crippen LogP contribution is 2.47. The van der Waals surface area contributed by atoms with E-state index in [1.54, 1.807) is 0 Å². The minimum absolute atomic E-state index is 0.122. The van der Waals surface area contributed by atoms with Crippen LogP contribution in [0.2, 0.25) is 0 Å². The summed E-state index contributed by atoms with van der Waals surface area (Å²) in [5, 5.41) is 2.84. The van der Waals surface area contributed by atoms with Crippen molar-refractivity contribution in [3.05, 3.63) is 0 Å². The zero-order chi connectivity index (χ0) is 28.0. The fraction of sp³-hybridized carbons (Fsp3) is 0.966. The van der Waals surface area contributed by atoms with E-state index in [2.05, 4.69) is 15.1 Å². The minimum atomic E-state index is -4.66. The predicted molar refractivity (Wildman–Crippen MR) is 139 cm³/mol. The molecule has 3 atom stereocenters. The van der Waals surface area contributed by atoms with Crippen LogP contribution in [0.3, 0.4) is 0 Å². The molecule has 3 aliphatic carbocycles. The first-order chi connectivity index (χ1) is 18.5. The lowest BCUT2D eigenvalue weighted by molar-refractivity contribution is -0.228. The Labute approximate surface area is 229 Å².